The molecule has 1 aromatic carbocycles. The molecule has 0 saturated carbocycles. The molecule has 0 aliphatic heterocycles. The first-order valence-electron chi connectivity index (χ1n) is 7.47. The summed E-state index contributed by atoms with van der Waals surface area (Å²) < 4.78 is 4.69. The second-order valence-electron chi connectivity index (χ2n) is 5.12. The van der Waals surface area contributed by atoms with Gasteiger partial charge in [-0.1, -0.05) is 29.8 Å². The van der Waals surface area contributed by atoms with Crippen LogP contribution in [0.15, 0.2) is 41.8 Å². The number of ether oxygens (including phenoxy) is 1. The lowest BCUT2D eigenvalue weighted by Crippen LogP contribution is -2.39. The summed E-state index contributed by atoms with van der Waals surface area (Å²) in [6.45, 7) is 0.489. The fourth-order valence-electron chi connectivity index (χ4n) is 2.14. The van der Waals surface area contributed by atoms with E-state index in [1.807, 2.05) is 41.8 Å². The van der Waals surface area contributed by atoms with Gasteiger partial charge in [-0.2, -0.15) is 0 Å². The van der Waals surface area contributed by atoms with E-state index in [0.717, 1.165) is 10.4 Å². The number of rotatable bonds is 7. The highest BCUT2D eigenvalue weighted by molar-refractivity contribution is 7.10. The second-order valence-corrected chi connectivity index (χ2v) is 6.54. The van der Waals surface area contributed by atoms with E-state index >= 15 is 0 Å². The summed E-state index contributed by atoms with van der Waals surface area (Å²) in [5, 5.41) is 8.21. The summed E-state index contributed by atoms with van der Waals surface area (Å²) in [6.07, 6.45) is 0.798. The minimum absolute atomic E-state index is 0.0988. The number of carbonyl (C=O) groups is 2. The molecule has 2 aromatic rings. The third-order valence-corrected chi connectivity index (χ3v) is 4.64. The topological polar surface area (TPSA) is 67.4 Å². The van der Waals surface area contributed by atoms with Crippen molar-refractivity contribution < 1.29 is 14.3 Å². The van der Waals surface area contributed by atoms with Crippen LogP contribution >= 0.6 is 22.9 Å². The molecular formula is C17H19ClN2O3S. The highest BCUT2D eigenvalue weighted by atomic mass is 35.5. The Morgan fingerprint density at radius 2 is 2.00 bits per heavy atom. The molecule has 5 nitrogen and oxygen atoms in total. The first kappa shape index (κ1) is 18.3. The SMILES string of the molecule is COC(=O)CC(NC(=O)NCCc1ccc(Cl)cc1)c1cccs1. The van der Waals surface area contributed by atoms with Gasteiger partial charge in [0.05, 0.1) is 19.6 Å². The number of thiophene rings is 1. The van der Waals surface area contributed by atoms with Gasteiger partial charge in [0, 0.05) is 16.4 Å². The van der Waals surface area contributed by atoms with E-state index in [1.165, 1.54) is 18.4 Å². The van der Waals surface area contributed by atoms with Crippen LogP contribution in [0.4, 0.5) is 4.79 Å². The van der Waals surface area contributed by atoms with Crippen molar-refractivity contribution in [3.8, 4) is 0 Å². The van der Waals surface area contributed by atoms with Gasteiger partial charge in [0.15, 0.2) is 0 Å². The number of benzene rings is 1. The van der Waals surface area contributed by atoms with Crippen LogP contribution in [0.5, 0.6) is 0 Å². The zero-order valence-corrected chi connectivity index (χ0v) is 14.8. The summed E-state index contributed by atoms with van der Waals surface area (Å²) in [4.78, 5) is 24.5. The van der Waals surface area contributed by atoms with Gasteiger partial charge in [-0.05, 0) is 35.6 Å². The van der Waals surface area contributed by atoms with Crippen LogP contribution in [-0.2, 0) is 16.0 Å². The molecule has 0 radical (unpaired) electrons. The van der Waals surface area contributed by atoms with E-state index in [-0.39, 0.29) is 18.4 Å². The summed E-state index contributed by atoms with van der Waals surface area (Å²) in [5.74, 6) is -0.366. The minimum Gasteiger partial charge on any atom is -0.469 e. The molecule has 1 heterocycles. The van der Waals surface area contributed by atoms with Gasteiger partial charge < -0.3 is 15.4 Å². The third kappa shape index (κ3) is 5.86. The number of halogens is 1. The lowest BCUT2D eigenvalue weighted by molar-refractivity contribution is -0.141. The summed E-state index contributed by atoms with van der Waals surface area (Å²) >= 11 is 7.32. The van der Waals surface area contributed by atoms with E-state index < -0.39 is 6.04 Å². The van der Waals surface area contributed by atoms with Crippen LogP contribution in [0.25, 0.3) is 0 Å². The van der Waals surface area contributed by atoms with E-state index in [1.54, 1.807) is 0 Å². The maximum atomic E-state index is 12.1. The first-order chi connectivity index (χ1) is 11.6. The molecule has 0 bridgehead atoms. The van der Waals surface area contributed by atoms with Crippen molar-refractivity contribution in [1.29, 1.82) is 0 Å². The third-order valence-electron chi connectivity index (χ3n) is 3.40. The van der Waals surface area contributed by atoms with Crippen molar-refractivity contribution in [3.63, 3.8) is 0 Å². The number of carbonyl (C=O) groups excluding carboxylic acids is 2. The normalized spacial score (nSPS) is 11.6. The Bertz CT molecular complexity index is 659. The van der Waals surface area contributed by atoms with Gasteiger partial charge in [0.2, 0.25) is 0 Å². The lowest BCUT2D eigenvalue weighted by atomic mass is 10.1. The highest BCUT2D eigenvalue weighted by Crippen LogP contribution is 2.22. The number of esters is 1. The van der Waals surface area contributed by atoms with Crippen LogP contribution in [0.1, 0.15) is 22.9 Å². The van der Waals surface area contributed by atoms with Crippen molar-refractivity contribution in [2.75, 3.05) is 13.7 Å². The zero-order valence-electron chi connectivity index (χ0n) is 13.3. The molecule has 0 saturated heterocycles. The summed E-state index contributed by atoms with van der Waals surface area (Å²) in [5.41, 5.74) is 1.09. The Morgan fingerprint density at radius 3 is 2.62 bits per heavy atom. The molecule has 0 spiro atoms. The van der Waals surface area contributed by atoms with E-state index in [9.17, 15) is 9.59 Å². The molecule has 7 heteroatoms. The minimum atomic E-state index is -0.395. The van der Waals surface area contributed by atoms with Crippen molar-refractivity contribution >= 4 is 34.9 Å². The largest absolute Gasteiger partial charge is 0.469 e. The number of hydrogen-bond donors (Lipinski definition) is 2. The molecular weight excluding hydrogens is 348 g/mol. The van der Waals surface area contributed by atoms with Gasteiger partial charge in [-0.25, -0.2) is 4.79 Å². The number of amides is 2. The van der Waals surface area contributed by atoms with Gasteiger partial charge >= 0.3 is 12.0 Å². The van der Waals surface area contributed by atoms with Crippen LogP contribution in [-0.4, -0.2) is 25.7 Å². The molecule has 128 valence electrons. The van der Waals surface area contributed by atoms with Crippen molar-refractivity contribution in [2.45, 2.75) is 18.9 Å². The second kappa shape index (κ2) is 9.30. The van der Waals surface area contributed by atoms with Crippen LogP contribution in [0, 0.1) is 0 Å². The number of nitrogens with one attached hydrogen (secondary N) is 2. The van der Waals surface area contributed by atoms with Crippen molar-refractivity contribution in [1.82, 2.24) is 10.6 Å². The number of hydrogen-bond acceptors (Lipinski definition) is 4. The van der Waals surface area contributed by atoms with Gasteiger partial charge in [0.1, 0.15) is 0 Å². The van der Waals surface area contributed by atoms with E-state index in [0.29, 0.717) is 18.0 Å². The average Bonchev–Trinajstić information content (AvgIpc) is 3.10. The molecule has 1 unspecified atom stereocenters. The Labute approximate surface area is 150 Å². The molecule has 0 aliphatic rings. The standard InChI is InChI=1S/C17H19ClN2O3S/c1-23-16(21)11-14(15-3-2-10-24-15)20-17(22)19-9-8-12-4-6-13(18)7-5-12/h2-7,10,14H,8-9,11H2,1H3,(H2,19,20,22). The van der Waals surface area contributed by atoms with E-state index in [4.69, 9.17) is 16.3 Å². The molecule has 1 atom stereocenters. The zero-order chi connectivity index (χ0) is 17.4. The first-order valence-corrected chi connectivity index (χ1v) is 8.73. The van der Waals surface area contributed by atoms with Gasteiger partial charge in [-0.15, -0.1) is 11.3 Å². The van der Waals surface area contributed by atoms with E-state index in [2.05, 4.69) is 10.6 Å². The highest BCUT2D eigenvalue weighted by Gasteiger charge is 2.19. The summed E-state index contributed by atoms with van der Waals surface area (Å²) in [6, 6.07) is 10.5. The average molecular weight is 367 g/mol. The maximum absolute atomic E-state index is 12.1. The molecule has 0 fully saturated rings. The Hall–Kier alpha value is -2.05. The molecule has 2 amide bonds. The predicted molar refractivity (Wildman–Crippen MR) is 95.4 cm³/mol. The van der Waals surface area contributed by atoms with Gasteiger partial charge in [0.25, 0.3) is 0 Å². The van der Waals surface area contributed by atoms with Crippen LogP contribution < -0.4 is 10.6 Å². The van der Waals surface area contributed by atoms with Crippen molar-refractivity contribution in [2.24, 2.45) is 0 Å². The number of urea groups is 1. The molecule has 0 aliphatic carbocycles. The maximum Gasteiger partial charge on any atom is 0.315 e. The Morgan fingerprint density at radius 1 is 1.25 bits per heavy atom. The van der Waals surface area contributed by atoms with Gasteiger partial charge in [-0.3, -0.25) is 4.79 Å². The molecule has 24 heavy (non-hydrogen) atoms. The molecule has 1 aromatic heterocycles. The van der Waals surface area contributed by atoms with Crippen LogP contribution in [0.2, 0.25) is 5.02 Å². The smallest absolute Gasteiger partial charge is 0.315 e. The Kier molecular flexibility index (Phi) is 7.08. The summed E-state index contributed by atoms with van der Waals surface area (Å²) in [7, 11) is 1.33. The monoisotopic (exact) mass is 366 g/mol. The molecule has 2 N–H and O–H groups in total. The predicted octanol–water partition coefficient (Wildman–Crippen LogP) is 3.55. The fourth-order valence-corrected chi connectivity index (χ4v) is 3.05. The molecule has 2 rings (SSSR count). The quantitative estimate of drug-likeness (QED) is 0.736. The lowest BCUT2D eigenvalue weighted by Gasteiger charge is -2.17. The van der Waals surface area contributed by atoms with Crippen molar-refractivity contribution in [3.05, 3.63) is 57.2 Å². The van der Waals surface area contributed by atoms with Crippen LogP contribution in [0.3, 0.4) is 0 Å². The Balaban J connectivity index is 1.83. The fraction of sp³-hybridized carbons (Fsp3) is 0.294. The number of methoxy groups -OCH3 is 1.